The summed E-state index contributed by atoms with van der Waals surface area (Å²) in [7, 11) is 0. The number of alkyl halides is 2. The monoisotopic (exact) mass is 295 g/mol. The molecule has 1 aliphatic rings. The molecule has 0 saturated carbocycles. The van der Waals surface area contributed by atoms with Crippen LogP contribution in [0.5, 0.6) is 11.5 Å². The Morgan fingerprint density at radius 1 is 1.19 bits per heavy atom. The number of halogens is 2. The summed E-state index contributed by atoms with van der Waals surface area (Å²) in [5, 5.41) is 8.08. The zero-order chi connectivity index (χ0) is 15.0. The first-order valence-corrected chi connectivity index (χ1v) is 5.70. The summed E-state index contributed by atoms with van der Waals surface area (Å²) in [6, 6.07) is 6.18. The van der Waals surface area contributed by atoms with Crippen LogP contribution in [0.4, 0.5) is 14.5 Å². The molecule has 0 atom stereocenters. The number of rotatable bonds is 2. The molecule has 7 nitrogen and oxygen atoms in total. The van der Waals surface area contributed by atoms with Gasteiger partial charge in [0, 0.05) is 17.8 Å². The number of anilines is 1. The molecule has 2 heterocycles. The predicted octanol–water partition coefficient (Wildman–Crippen LogP) is 1.34. The Kier molecular flexibility index (Phi) is 2.82. The lowest BCUT2D eigenvalue weighted by Gasteiger charge is -2.05. The van der Waals surface area contributed by atoms with Gasteiger partial charge < -0.3 is 14.8 Å². The molecule has 0 fully saturated rings. The van der Waals surface area contributed by atoms with E-state index in [0.29, 0.717) is 0 Å². The number of amides is 1. The fourth-order valence-corrected chi connectivity index (χ4v) is 1.69. The van der Waals surface area contributed by atoms with Gasteiger partial charge in [0.25, 0.3) is 11.5 Å². The number of hydrogen-bond donors (Lipinski definition) is 2. The van der Waals surface area contributed by atoms with E-state index in [0.717, 1.165) is 6.07 Å². The van der Waals surface area contributed by atoms with E-state index in [1.165, 1.54) is 24.3 Å². The van der Waals surface area contributed by atoms with Crippen molar-refractivity contribution in [2.45, 2.75) is 6.29 Å². The Labute approximate surface area is 115 Å². The number of hydrogen-bond acceptors (Lipinski definition) is 5. The smallest absolute Gasteiger partial charge is 0.395 e. The molecule has 3 rings (SSSR count). The minimum atomic E-state index is -3.72. The second-order valence-corrected chi connectivity index (χ2v) is 4.09. The summed E-state index contributed by atoms with van der Waals surface area (Å²) in [6.45, 7) is 0. The normalized spacial score (nSPS) is 14.8. The van der Waals surface area contributed by atoms with Crippen molar-refractivity contribution < 1.29 is 23.0 Å². The highest BCUT2D eigenvalue weighted by Gasteiger charge is 2.43. The zero-order valence-electron chi connectivity index (χ0n) is 10.2. The third-order valence-electron chi connectivity index (χ3n) is 2.57. The number of fused-ring (bicyclic) bond motifs is 1. The van der Waals surface area contributed by atoms with Gasteiger partial charge in [0.2, 0.25) is 0 Å². The molecule has 2 N–H and O–H groups in total. The van der Waals surface area contributed by atoms with Gasteiger partial charge in [-0.25, -0.2) is 5.10 Å². The summed E-state index contributed by atoms with van der Waals surface area (Å²) >= 11 is 0. The first-order valence-electron chi connectivity index (χ1n) is 5.70. The van der Waals surface area contributed by atoms with Crippen LogP contribution in [0.25, 0.3) is 0 Å². The molecule has 2 aromatic rings. The summed E-state index contributed by atoms with van der Waals surface area (Å²) in [6.07, 6.45) is -3.72. The Balaban J connectivity index is 1.79. The van der Waals surface area contributed by atoms with Crippen molar-refractivity contribution in [1.29, 1.82) is 0 Å². The summed E-state index contributed by atoms with van der Waals surface area (Å²) < 4.78 is 34.2. The van der Waals surface area contributed by atoms with Crippen molar-refractivity contribution in [2.24, 2.45) is 0 Å². The molecule has 0 bridgehead atoms. The third-order valence-corrected chi connectivity index (χ3v) is 2.57. The lowest BCUT2D eigenvalue weighted by molar-refractivity contribution is -0.286. The van der Waals surface area contributed by atoms with Crippen molar-refractivity contribution >= 4 is 11.6 Å². The topological polar surface area (TPSA) is 93.3 Å². The van der Waals surface area contributed by atoms with E-state index in [9.17, 15) is 18.4 Å². The van der Waals surface area contributed by atoms with Crippen LogP contribution >= 0.6 is 0 Å². The molecule has 1 amide bonds. The summed E-state index contributed by atoms with van der Waals surface area (Å²) in [5.74, 6) is -0.927. The highest BCUT2D eigenvalue weighted by molar-refractivity contribution is 6.02. The Bertz CT molecular complexity index is 755. The van der Waals surface area contributed by atoms with Gasteiger partial charge >= 0.3 is 6.29 Å². The molecule has 9 heteroatoms. The molecule has 1 aromatic carbocycles. The SMILES string of the molecule is O=C(Nc1ccc2c(c1)OC(F)(F)O2)c1ccc(=O)[nH]n1. The molecule has 0 unspecified atom stereocenters. The van der Waals surface area contributed by atoms with E-state index in [1.807, 2.05) is 0 Å². The van der Waals surface area contributed by atoms with Gasteiger partial charge in [-0.3, -0.25) is 9.59 Å². The van der Waals surface area contributed by atoms with Gasteiger partial charge in [-0.1, -0.05) is 0 Å². The van der Waals surface area contributed by atoms with Crippen LogP contribution in [0, 0.1) is 0 Å². The number of nitrogens with zero attached hydrogens (tertiary/aromatic N) is 1. The molecular weight excluding hydrogens is 288 g/mol. The lowest BCUT2D eigenvalue weighted by atomic mass is 10.2. The first kappa shape index (κ1) is 13.0. The molecule has 0 saturated heterocycles. The predicted molar refractivity (Wildman–Crippen MR) is 65.5 cm³/mol. The Hall–Kier alpha value is -2.97. The van der Waals surface area contributed by atoms with Crippen molar-refractivity contribution in [3.05, 3.63) is 46.4 Å². The Morgan fingerprint density at radius 2 is 1.95 bits per heavy atom. The van der Waals surface area contributed by atoms with E-state index >= 15 is 0 Å². The van der Waals surface area contributed by atoms with Crippen LogP contribution in [0.2, 0.25) is 0 Å². The van der Waals surface area contributed by atoms with Crippen molar-refractivity contribution in [2.75, 3.05) is 5.32 Å². The Morgan fingerprint density at radius 3 is 2.67 bits per heavy atom. The van der Waals surface area contributed by atoms with E-state index in [1.54, 1.807) is 0 Å². The van der Waals surface area contributed by atoms with Crippen molar-refractivity contribution in [3.8, 4) is 11.5 Å². The molecule has 0 aliphatic carbocycles. The standard InChI is InChI=1S/C12H7F2N3O4/c13-12(14)20-8-3-1-6(5-9(8)21-12)15-11(19)7-2-4-10(18)17-16-7/h1-5H,(H,15,19)(H,17,18). The fourth-order valence-electron chi connectivity index (χ4n) is 1.69. The average Bonchev–Trinajstić information content (AvgIpc) is 2.72. The molecule has 1 aliphatic heterocycles. The highest BCUT2D eigenvalue weighted by atomic mass is 19.3. The second-order valence-electron chi connectivity index (χ2n) is 4.09. The number of H-pyrrole nitrogens is 1. The maximum Gasteiger partial charge on any atom is 0.586 e. The summed E-state index contributed by atoms with van der Waals surface area (Å²) in [5.41, 5.74) is -0.262. The maximum atomic E-state index is 12.9. The number of benzene rings is 1. The largest absolute Gasteiger partial charge is 0.586 e. The number of nitrogens with one attached hydrogen (secondary N) is 2. The van der Waals surface area contributed by atoms with Gasteiger partial charge in [-0.15, -0.1) is 8.78 Å². The molecule has 0 spiro atoms. The third kappa shape index (κ3) is 2.66. The van der Waals surface area contributed by atoms with Gasteiger partial charge in [-0.2, -0.15) is 5.10 Å². The first-order chi connectivity index (χ1) is 9.93. The van der Waals surface area contributed by atoms with Gasteiger partial charge in [0.1, 0.15) is 5.69 Å². The quantitative estimate of drug-likeness (QED) is 0.872. The molecule has 21 heavy (non-hydrogen) atoms. The second kappa shape index (κ2) is 4.54. The number of ether oxygens (including phenoxy) is 2. The van der Waals surface area contributed by atoms with Crippen molar-refractivity contribution in [1.82, 2.24) is 10.2 Å². The number of carbonyl (C=O) groups excluding carboxylic acids is 1. The van der Waals surface area contributed by atoms with Crippen LogP contribution in [-0.2, 0) is 0 Å². The maximum absolute atomic E-state index is 12.9. The lowest BCUT2D eigenvalue weighted by Crippen LogP contribution is -2.25. The number of aromatic amines is 1. The van der Waals surface area contributed by atoms with Crippen LogP contribution in [0.1, 0.15) is 10.5 Å². The molecule has 108 valence electrons. The fraction of sp³-hybridized carbons (Fsp3) is 0.0833. The van der Waals surface area contributed by atoms with E-state index in [-0.39, 0.29) is 22.9 Å². The van der Waals surface area contributed by atoms with Crippen LogP contribution in [-0.4, -0.2) is 22.4 Å². The molecule has 1 aromatic heterocycles. The van der Waals surface area contributed by atoms with Gasteiger partial charge in [0.05, 0.1) is 0 Å². The van der Waals surface area contributed by atoms with Crippen LogP contribution < -0.4 is 20.3 Å². The highest BCUT2D eigenvalue weighted by Crippen LogP contribution is 2.42. The van der Waals surface area contributed by atoms with E-state index < -0.39 is 17.8 Å². The minimum Gasteiger partial charge on any atom is -0.395 e. The molecular formula is C12H7F2N3O4. The van der Waals surface area contributed by atoms with E-state index in [2.05, 4.69) is 25.0 Å². The van der Waals surface area contributed by atoms with Gasteiger partial charge in [-0.05, 0) is 18.2 Å². The van der Waals surface area contributed by atoms with E-state index in [4.69, 9.17) is 0 Å². The van der Waals surface area contributed by atoms with Crippen LogP contribution in [0.15, 0.2) is 35.1 Å². The molecule has 0 radical (unpaired) electrons. The average molecular weight is 295 g/mol. The van der Waals surface area contributed by atoms with Crippen molar-refractivity contribution in [3.63, 3.8) is 0 Å². The zero-order valence-corrected chi connectivity index (χ0v) is 10.2. The van der Waals surface area contributed by atoms with Crippen LogP contribution in [0.3, 0.4) is 0 Å². The number of carbonyl (C=O) groups is 1. The number of aromatic nitrogens is 2. The minimum absolute atomic E-state index is 0.0300. The summed E-state index contributed by atoms with van der Waals surface area (Å²) in [4.78, 5) is 22.7. The van der Waals surface area contributed by atoms with Gasteiger partial charge in [0.15, 0.2) is 11.5 Å².